The lowest BCUT2D eigenvalue weighted by atomic mass is 10.2. The number of carbonyl (C=O) groups excluding carboxylic acids is 2. The minimum Gasteiger partial charge on any atom is -0.353 e. The third kappa shape index (κ3) is 8.26. The number of rotatable bonds is 11. The standard InChI is InChI=1S/C27H30N4O2/c32-26(18-17-23-12-11-19-28-22-23)29-20-9-1-2-10-21-30-27(33)31(24-13-5-3-6-14-24)25-15-7-4-8-16-25/h3-8,11-19,22H,1-2,9-10,20-21H2,(H,29,32)(H,30,33)/b18-17+. The molecule has 0 radical (unpaired) electrons. The summed E-state index contributed by atoms with van der Waals surface area (Å²) in [5, 5.41) is 5.91. The van der Waals surface area contributed by atoms with E-state index < -0.39 is 0 Å². The molecule has 170 valence electrons. The second-order valence-electron chi connectivity index (χ2n) is 7.56. The second kappa shape index (κ2) is 13.5. The number of amides is 3. The van der Waals surface area contributed by atoms with Crippen molar-refractivity contribution in [1.82, 2.24) is 15.6 Å². The smallest absolute Gasteiger partial charge is 0.326 e. The van der Waals surface area contributed by atoms with Gasteiger partial charge in [-0.1, -0.05) is 55.3 Å². The van der Waals surface area contributed by atoms with Crippen LogP contribution in [-0.4, -0.2) is 30.0 Å². The number of carbonyl (C=O) groups is 2. The highest BCUT2D eigenvalue weighted by Crippen LogP contribution is 2.24. The predicted molar refractivity (Wildman–Crippen MR) is 133 cm³/mol. The van der Waals surface area contributed by atoms with E-state index in [1.54, 1.807) is 23.4 Å². The number of anilines is 2. The molecule has 3 rings (SSSR count). The predicted octanol–water partition coefficient (Wildman–Crippen LogP) is 5.32. The summed E-state index contributed by atoms with van der Waals surface area (Å²) in [5.74, 6) is -0.104. The Hall–Kier alpha value is -3.93. The first-order valence-electron chi connectivity index (χ1n) is 11.3. The van der Waals surface area contributed by atoms with Gasteiger partial charge in [0, 0.05) is 31.6 Å². The Morgan fingerprint density at radius 2 is 1.36 bits per heavy atom. The topological polar surface area (TPSA) is 74.3 Å². The Labute approximate surface area is 195 Å². The van der Waals surface area contributed by atoms with Crippen LogP contribution in [0.15, 0.2) is 91.3 Å². The van der Waals surface area contributed by atoms with Crippen molar-refractivity contribution in [2.45, 2.75) is 25.7 Å². The van der Waals surface area contributed by atoms with Crippen molar-refractivity contribution < 1.29 is 9.59 Å². The summed E-state index contributed by atoms with van der Waals surface area (Å²) in [4.78, 5) is 30.4. The number of para-hydroxylation sites is 2. The van der Waals surface area contributed by atoms with Crippen LogP contribution in [0.25, 0.3) is 6.08 Å². The lowest BCUT2D eigenvalue weighted by molar-refractivity contribution is -0.116. The SMILES string of the molecule is O=C(/C=C/c1cccnc1)NCCCCCCNC(=O)N(c1ccccc1)c1ccccc1. The van der Waals surface area contributed by atoms with Crippen molar-refractivity contribution in [1.29, 1.82) is 0 Å². The van der Waals surface area contributed by atoms with Gasteiger partial charge >= 0.3 is 6.03 Å². The van der Waals surface area contributed by atoms with Gasteiger partial charge in [0.25, 0.3) is 0 Å². The van der Waals surface area contributed by atoms with E-state index in [-0.39, 0.29) is 11.9 Å². The molecule has 0 aliphatic carbocycles. The van der Waals surface area contributed by atoms with Crippen LogP contribution < -0.4 is 15.5 Å². The number of benzene rings is 2. The first-order valence-corrected chi connectivity index (χ1v) is 11.3. The quantitative estimate of drug-likeness (QED) is 0.312. The normalized spacial score (nSPS) is 10.7. The molecule has 1 aromatic heterocycles. The van der Waals surface area contributed by atoms with E-state index in [1.807, 2.05) is 72.8 Å². The zero-order valence-corrected chi connectivity index (χ0v) is 18.7. The molecule has 6 heteroatoms. The fourth-order valence-corrected chi connectivity index (χ4v) is 3.33. The maximum absolute atomic E-state index is 12.9. The van der Waals surface area contributed by atoms with E-state index >= 15 is 0 Å². The third-order valence-corrected chi connectivity index (χ3v) is 5.02. The highest BCUT2D eigenvalue weighted by atomic mass is 16.2. The van der Waals surface area contributed by atoms with Gasteiger partial charge in [0.1, 0.15) is 0 Å². The van der Waals surface area contributed by atoms with Crippen molar-refractivity contribution in [2.24, 2.45) is 0 Å². The highest BCUT2D eigenvalue weighted by molar-refractivity contribution is 5.99. The molecule has 0 aliphatic heterocycles. The molecule has 0 bridgehead atoms. The van der Waals surface area contributed by atoms with Gasteiger partial charge in [-0.2, -0.15) is 0 Å². The minimum atomic E-state index is -0.139. The van der Waals surface area contributed by atoms with Gasteiger partial charge in [0.05, 0.1) is 11.4 Å². The fourth-order valence-electron chi connectivity index (χ4n) is 3.33. The summed E-state index contributed by atoms with van der Waals surface area (Å²) >= 11 is 0. The maximum Gasteiger partial charge on any atom is 0.326 e. The zero-order chi connectivity index (χ0) is 23.1. The Balaban J connectivity index is 1.32. The summed E-state index contributed by atoms with van der Waals surface area (Å²) in [7, 11) is 0. The number of hydrogen-bond acceptors (Lipinski definition) is 3. The number of aromatic nitrogens is 1. The molecule has 0 unspecified atom stereocenters. The molecule has 0 fully saturated rings. The minimum absolute atomic E-state index is 0.104. The molecular formula is C27H30N4O2. The molecule has 0 spiro atoms. The molecule has 3 amide bonds. The van der Waals surface area contributed by atoms with Crippen molar-refractivity contribution in [3.63, 3.8) is 0 Å². The van der Waals surface area contributed by atoms with Gasteiger partial charge in [-0.15, -0.1) is 0 Å². The first-order chi connectivity index (χ1) is 16.2. The summed E-state index contributed by atoms with van der Waals surface area (Å²) in [6.45, 7) is 1.24. The van der Waals surface area contributed by atoms with Gasteiger partial charge in [-0.25, -0.2) is 4.79 Å². The van der Waals surface area contributed by atoms with E-state index in [1.165, 1.54) is 6.08 Å². The molecule has 1 heterocycles. The van der Waals surface area contributed by atoms with E-state index in [2.05, 4.69) is 15.6 Å². The van der Waals surface area contributed by atoms with Crippen molar-refractivity contribution >= 4 is 29.4 Å². The number of hydrogen-bond donors (Lipinski definition) is 2. The zero-order valence-electron chi connectivity index (χ0n) is 18.7. The molecule has 0 atom stereocenters. The molecular weight excluding hydrogens is 412 g/mol. The highest BCUT2D eigenvalue weighted by Gasteiger charge is 2.16. The van der Waals surface area contributed by atoms with Crippen LogP contribution in [0.4, 0.5) is 16.2 Å². The maximum atomic E-state index is 12.9. The fraction of sp³-hybridized carbons (Fsp3) is 0.222. The lowest BCUT2D eigenvalue weighted by Gasteiger charge is -2.23. The number of unbranched alkanes of at least 4 members (excludes halogenated alkanes) is 3. The van der Waals surface area contributed by atoms with Crippen LogP contribution in [0.5, 0.6) is 0 Å². The molecule has 0 saturated heterocycles. The Bertz CT molecular complexity index is 969. The van der Waals surface area contributed by atoms with Gasteiger partial charge in [-0.3, -0.25) is 14.7 Å². The number of urea groups is 1. The lowest BCUT2D eigenvalue weighted by Crippen LogP contribution is -2.37. The molecule has 3 aromatic rings. The average Bonchev–Trinajstić information content (AvgIpc) is 2.86. The molecule has 33 heavy (non-hydrogen) atoms. The van der Waals surface area contributed by atoms with Gasteiger partial charge in [0.2, 0.25) is 5.91 Å². The summed E-state index contributed by atoms with van der Waals surface area (Å²) in [5.41, 5.74) is 2.55. The van der Waals surface area contributed by atoms with Crippen LogP contribution in [0.3, 0.4) is 0 Å². The third-order valence-electron chi connectivity index (χ3n) is 5.02. The largest absolute Gasteiger partial charge is 0.353 e. The van der Waals surface area contributed by atoms with Gasteiger partial charge in [0.15, 0.2) is 0 Å². The summed E-state index contributed by atoms with van der Waals surface area (Å²) < 4.78 is 0. The number of pyridine rings is 1. The molecule has 2 aromatic carbocycles. The molecule has 0 aliphatic rings. The van der Waals surface area contributed by atoms with Crippen molar-refractivity contribution in [3.8, 4) is 0 Å². The first kappa shape index (κ1) is 23.7. The van der Waals surface area contributed by atoms with Crippen LogP contribution in [0, 0.1) is 0 Å². The van der Waals surface area contributed by atoms with Gasteiger partial charge in [-0.05, 0) is 54.8 Å². The second-order valence-corrected chi connectivity index (χ2v) is 7.56. The Morgan fingerprint density at radius 1 is 0.758 bits per heavy atom. The van der Waals surface area contributed by atoms with E-state index in [0.29, 0.717) is 13.1 Å². The average molecular weight is 443 g/mol. The Morgan fingerprint density at radius 3 is 1.94 bits per heavy atom. The van der Waals surface area contributed by atoms with Crippen LogP contribution in [-0.2, 0) is 4.79 Å². The number of nitrogens with one attached hydrogen (secondary N) is 2. The molecule has 6 nitrogen and oxygen atoms in total. The van der Waals surface area contributed by atoms with E-state index in [0.717, 1.165) is 42.6 Å². The summed E-state index contributed by atoms with van der Waals surface area (Å²) in [6, 6.07) is 22.8. The van der Waals surface area contributed by atoms with Crippen LogP contribution >= 0.6 is 0 Å². The van der Waals surface area contributed by atoms with Crippen LogP contribution in [0.2, 0.25) is 0 Å². The van der Waals surface area contributed by atoms with Crippen LogP contribution in [0.1, 0.15) is 31.2 Å². The van der Waals surface area contributed by atoms with E-state index in [9.17, 15) is 9.59 Å². The van der Waals surface area contributed by atoms with Gasteiger partial charge < -0.3 is 10.6 Å². The monoisotopic (exact) mass is 442 g/mol. The Kier molecular flexibility index (Phi) is 9.69. The summed E-state index contributed by atoms with van der Waals surface area (Å²) in [6.07, 6.45) is 10.4. The van der Waals surface area contributed by atoms with Crippen molar-refractivity contribution in [3.05, 3.63) is 96.8 Å². The van der Waals surface area contributed by atoms with Crippen molar-refractivity contribution in [2.75, 3.05) is 18.0 Å². The molecule has 0 saturated carbocycles. The van der Waals surface area contributed by atoms with E-state index in [4.69, 9.17) is 0 Å². The molecule has 2 N–H and O–H groups in total. The number of nitrogens with zero attached hydrogens (tertiary/aromatic N) is 2.